The minimum Gasteiger partial charge on any atom is -0.465 e. The minimum absolute atomic E-state index is 0.0852. The molecule has 1 amide bonds. The maximum absolute atomic E-state index is 12.5. The number of hydrogen-bond donors (Lipinski definition) is 0. The Morgan fingerprint density at radius 1 is 1.37 bits per heavy atom. The summed E-state index contributed by atoms with van der Waals surface area (Å²) in [5, 5.41) is 0. The number of carbonyl (C=O) groups excluding carboxylic acids is 2. The average molecular weight is 324 g/mol. The predicted octanol–water partition coefficient (Wildman–Crippen LogP) is 2.94. The molecule has 0 atom stereocenters. The van der Waals surface area contributed by atoms with Crippen molar-refractivity contribution in [3.63, 3.8) is 0 Å². The second kappa shape index (κ2) is 4.34. The Hall–Kier alpha value is -1.36. The number of esters is 1. The molecule has 1 saturated carbocycles. The number of halogens is 1. The SMILES string of the molecule is COC(=O)c1ccc2c(c1)C1(CCCC1)C(=O)N2Br. The lowest BCUT2D eigenvalue weighted by molar-refractivity contribution is -0.121. The molecule has 0 N–H and O–H groups in total. The van der Waals surface area contributed by atoms with Gasteiger partial charge in [-0.2, -0.15) is 0 Å². The lowest BCUT2D eigenvalue weighted by atomic mass is 9.79. The summed E-state index contributed by atoms with van der Waals surface area (Å²) in [6.07, 6.45) is 3.81. The largest absolute Gasteiger partial charge is 0.465 e. The first-order valence-electron chi connectivity index (χ1n) is 6.33. The molecule has 100 valence electrons. The van der Waals surface area contributed by atoms with E-state index in [2.05, 4.69) is 16.1 Å². The quantitative estimate of drug-likeness (QED) is 0.589. The Morgan fingerprint density at radius 2 is 2.05 bits per heavy atom. The fourth-order valence-corrected chi connectivity index (χ4v) is 3.86. The van der Waals surface area contributed by atoms with Gasteiger partial charge in [-0.05, 0) is 36.6 Å². The normalized spacial score (nSPS) is 19.9. The molecule has 1 aliphatic carbocycles. The molecule has 0 aromatic heterocycles. The van der Waals surface area contributed by atoms with E-state index in [0.717, 1.165) is 36.9 Å². The van der Waals surface area contributed by atoms with Crippen LogP contribution in [0.15, 0.2) is 18.2 Å². The van der Waals surface area contributed by atoms with E-state index < -0.39 is 5.41 Å². The van der Waals surface area contributed by atoms with Crippen LogP contribution in [0.1, 0.15) is 41.6 Å². The van der Waals surface area contributed by atoms with E-state index in [1.807, 2.05) is 6.07 Å². The summed E-state index contributed by atoms with van der Waals surface area (Å²) in [4.78, 5) is 24.1. The van der Waals surface area contributed by atoms with Crippen LogP contribution in [0.2, 0.25) is 0 Å². The second-order valence-corrected chi connectivity index (χ2v) is 5.81. The van der Waals surface area contributed by atoms with E-state index in [-0.39, 0.29) is 11.9 Å². The predicted molar refractivity (Wildman–Crippen MR) is 74.3 cm³/mol. The van der Waals surface area contributed by atoms with Crippen LogP contribution in [0.4, 0.5) is 5.69 Å². The molecular formula is C14H14BrNO3. The van der Waals surface area contributed by atoms with E-state index in [9.17, 15) is 9.59 Å². The van der Waals surface area contributed by atoms with Crippen molar-refractivity contribution in [1.29, 1.82) is 0 Å². The van der Waals surface area contributed by atoms with E-state index in [4.69, 9.17) is 4.74 Å². The van der Waals surface area contributed by atoms with Gasteiger partial charge in [-0.25, -0.2) is 8.72 Å². The molecular weight excluding hydrogens is 310 g/mol. The zero-order valence-corrected chi connectivity index (χ0v) is 12.2. The topological polar surface area (TPSA) is 46.6 Å². The maximum Gasteiger partial charge on any atom is 0.337 e. The summed E-state index contributed by atoms with van der Waals surface area (Å²) >= 11 is 3.33. The lowest BCUT2D eigenvalue weighted by Gasteiger charge is -2.21. The third kappa shape index (κ3) is 1.64. The average Bonchev–Trinajstić information content (AvgIpc) is 3.00. The van der Waals surface area contributed by atoms with Gasteiger partial charge in [-0.3, -0.25) is 4.79 Å². The molecule has 1 aliphatic heterocycles. The molecule has 1 fully saturated rings. The zero-order valence-electron chi connectivity index (χ0n) is 10.6. The highest BCUT2D eigenvalue weighted by Gasteiger charge is 2.51. The van der Waals surface area contributed by atoms with Crippen molar-refractivity contribution in [2.24, 2.45) is 0 Å². The summed E-state index contributed by atoms with van der Waals surface area (Å²) in [5.41, 5.74) is 1.86. The molecule has 4 nitrogen and oxygen atoms in total. The Kier molecular flexibility index (Phi) is 2.89. The third-order valence-electron chi connectivity index (χ3n) is 4.19. The van der Waals surface area contributed by atoms with E-state index >= 15 is 0 Å². The number of rotatable bonds is 1. The van der Waals surface area contributed by atoms with Gasteiger partial charge in [-0.1, -0.05) is 12.8 Å². The van der Waals surface area contributed by atoms with Crippen molar-refractivity contribution in [2.75, 3.05) is 11.0 Å². The molecule has 0 saturated heterocycles. The van der Waals surface area contributed by atoms with Crippen molar-refractivity contribution in [1.82, 2.24) is 0 Å². The summed E-state index contributed by atoms with van der Waals surface area (Å²) in [5.74, 6) is -0.279. The van der Waals surface area contributed by atoms with Gasteiger partial charge in [0.1, 0.15) is 0 Å². The van der Waals surface area contributed by atoms with Gasteiger partial charge in [0.2, 0.25) is 5.91 Å². The van der Waals surface area contributed by atoms with Crippen molar-refractivity contribution in [3.05, 3.63) is 29.3 Å². The second-order valence-electron chi connectivity index (χ2n) is 5.10. The molecule has 3 rings (SSSR count). The molecule has 1 spiro atoms. The molecule has 0 unspecified atom stereocenters. The highest BCUT2D eigenvalue weighted by Crippen LogP contribution is 2.52. The standard InChI is InChI=1S/C14H14BrNO3/c1-19-12(17)9-4-5-11-10(8-9)14(6-2-3-7-14)13(18)16(11)15/h4-5,8H,2-3,6-7H2,1H3. The summed E-state index contributed by atoms with van der Waals surface area (Å²) in [6, 6.07) is 5.31. The summed E-state index contributed by atoms with van der Waals surface area (Å²) in [6.45, 7) is 0. The third-order valence-corrected chi connectivity index (χ3v) is 4.89. The molecule has 1 heterocycles. The smallest absolute Gasteiger partial charge is 0.337 e. The van der Waals surface area contributed by atoms with Gasteiger partial charge in [0, 0.05) is 0 Å². The van der Waals surface area contributed by atoms with Gasteiger partial charge in [-0.15, -0.1) is 0 Å². The monoisotopic (exact) mass is 323 g/mol. The highest BCUT2D eigenvalue weighted by atomic mass is 79.9. The van der Waals surface area contributed by atoms with E-state index in [1.165, 1.54) is 11.0 Å². The number of fused-ring (bicyclic) bond motifs is 2. The minimum atomic E-state index is -0.442. The Labute approximate surface area is 120 Å². The Bertz CT molecular complexity index is 564. The van der Waals surface area contributed by atoms with Crippen LogP contribution < -0.4 is 3.93 Å². The van der Waals surface area contributed by atoms with Crippen LogP contribution in [0, 0.1) is 0 Å². The van der Waals surface area contributed by atoms with Crippen molar-refractivity contribution < 1.29 is 14.3 Å². The maximum atomic E-state index is 12.5. The van der Waals surface area contributed by atoms with Crippen molar-refractivity contribution in [3.8, 4) is 0 Å². The number of methoxy groups -OCH3 is 1. The van der Waals surface area contributed by atoms with Crippen molar-refractivity contribution >= 4 is 33.7 Å². The van der Waals surface area contributed by atoms with Gasteiger partial charge in [0.05, 0.1) is 39.9 Å². The molecule has 19 heavy (non-hydrogen) atoms. The highest BCUT2D eigenvalue weighted by molar-refractivity contribution is 9.10. The number of anilines is 1. The first-order chi connectivity index (χ1) is 9.10. The summed E-state index contributed by atoms with van der Waals surface area (Å²) in [7, 11) is 1.36. The number of carbonyl (C=O) groups is 2. The van der Waals surface area contributed by atoms with Crippen LogP contribution in [0.5, 0.6) is 0 Å². The van der Waals surface area contributed by atoms with Gasteiger partial charge in [0.25, 0.3) is 0 Å². The number of amides is 1. The molecule has 0 radical (unpaired) electrons. The Morgan fingerprint density at radius 3 is 2.68 bits per heavy atom. The van der Waals surface area contributed by atoms with Gasteiger partial charge >= 0.3 is 5.97 Å². The Balaban J connectivity index is 2.15. The van der Waals surface area contributed by atoms with Crippen LogP contribution in [-0.2, 0) is 14.9 Å². The first kappa shape index (κ1) is 12.7. The number of benzene rings is 1. The lowest BCUT2D eigenvalue weighted by Crippen LogP contribution is -2.33. The fourth-order valence-electron chi connectivity index (χ4n) is 3.21. The molecule has 0 bridgehead atoms. The van der Waals surface area contributed by atoms with Crippen LogP contribution in [-0.4, -0.2) is 19.0 Å². The van der Waals surface area contributed by atoms with Crippen molar-refractivity contribution in [2.45, 2.75) is 31.1 Å². The van der Waals surface area contributed by atoms with Crippen LogP contribution in [0.3, 0.4) is 0 Å². The van der Waals surface area contributed by atoms with Gasteiger partial charge in [0.15, 0.2) is 0 Å². The van der Waals surface area contributed by atoms with Gasteiger partial charge < -0.3 is 4.74 Å². The first-order valence-corrected chi connectivity index (χ1v) is 7.04. The zero-order chi connectivity index (χ0) is 13.6. The van der Waals surface area contributed by atoms with E-state index in [1.54, 1.807) is 12.1 Å². The fraction of sp³-hybridized carbons (Fsp3) is 0.429. The van der Waals surface area contributed by atoms with Crippen LogP contribution >= 0.6 is 16.1 Å². The van der Waals surface area contributed by atoms with Crippen LogP contribution in [0.25, 0.3) is 0 Å². The molecule has 5 heteroatoms. The van der Waals surface area contributed by atoms with E-state index in [0.29, 0.717) is 5.56 Å². The molecule has 1 aromatic rings. The number of ether oxygens (including phenoxy) is 1. The summed E-state index contributed by atoms with van der Waals surface area (Å²) < 4.78 is 6.29. The number of nitrogens with zero attached hydrogens (tertiary/aromatic N) is 1. The molecule has 2 aliphatic rings. The molecule has 1 aromatic carbocycles. The number of hydrogen-bond acceptors (Lipinski definition) is 3.